The molecular weight excluding hydrogens is 550 g/mol. The highest BCUT2D eigenvalue weighted by atomic mass is 16.5. The second kappa shape index (κ2) is 16.8. The van der Waals surface area contributed by atoms with E-state index in [1.54, 1.807) is 26.4 Å². The molecule has 0 spiro atoms. The number of benzene rings is 3. The van der Waals surface area contributed by atoms with E-state index in [0.29, 0.717) is 49.2 Å². The molecule has 0 radical (unpaired) electrons. The standard InChI is InChI=1S/C38H45NO5/c1-8-10-14-28(9-2)26-43-36-24-31(32(38(3,4)5)25-34(36)42-7)18-20-37(40)39-22-21-29-17-19-33(41-6)35(23-29)44-27-30-15-12-11-13-16-30/h8-20,23-25H,1,21-22,26-27H2,2-7H3,(H,39,40)/b14-10-,20-18+,28-9+. The second-order valence-electron chi connectivity index (χ2n) is 11.2. The van der Waals surface area contributed by atoms with Gasteiger partial charge in [-0.15, -0.1) is 0 Å². The van der Waals surface area contributed by atoms with Gasteiger partial charge in [-0.25, -0.2) is 0 Å². The normalized spacial score (nSPS) is 11.9. The SMILES string of the molecule is C=C/C=C\C(=C/C)COc1cc(/C=C/C(=O)NCCc2ccc(OC)c(OCc3ccccc3)c2)c(C(C)(C)C)cc1OC. The van der Waals surface area contributed by atoms with E-state index in [0.717, 1.165) is 27.8 Å². The van der Waals surface area contributed by atoms with Gasteiger partial charge in [0.2, 0.25) is 5.91 Å². The molecular formula is C38H45NO5. The fourth-order valence-electron chi connectivity index (χ4n) is 4.49. The molecule has 3 aromatic carbocycles. The number of ether oxygens (including phenoxy) is 4. The monoisotopic (exact) mass is 595 g/mol. The van der Waals surface area contributed by atoms with Crippen LogP contribution in [0.25, 0.3) is 6.08 Å². The molecule has 0 unspecified atom stereocenters. The van der Waals surface area contributed by atoms with Crippen molar-refractivity contribution in [2.45, 2.75) is 46.1 Å². The highest BCUT2D eigenvalue weighted by Gasteiger charge is 2.21. The van der Waals surface area contributed by atoms with Crippen LogP contribution in [0.1, 0.15) is 49.9 Å². The van der Waals surface area contributed by atoms with Crippen LogP contribution in [0.5, 0.6) is 23.0 Å². The Bertz CT molecular complexity index is 1480. The van der Waals surface area contributed by atoms with Gasteiger partial charge in [-0.05, 0) is 76.9 Å². The molecule has 3 rings (SSSR count). The van der Waals surface area contributed by atoms with Crippen molar-refractivity contribution < 1.29 is 23.7 Å². The molecule has 6 nitrogen and oxygen atoms in total. The predicted octanol–water partition coefficient (Wildman–Crippen LogP) is 8.02. The van der Waals surface area contributed by atoms with Crippen LogP contribution in [0.15, 0.2) is 103 Å². The quantitative estimate of drug-likeness (QED) is 0.142. The van der Waals surface area contributed by atoms with Gasteiger partial charge in [0, 0.05) is 12.6 Å². The van der Waals surface area contributed by atoms with Crippen molar-refractivity contribution in [3.05, 3.63) is 125 Å². The summed E-state index contributed by atoms with van der Waals surface area (Å²) < 4.78 is 23.3. The molecule has 0 aliphatic carbocycles. The summed E-state index contributed by atoms with van der Waals surface area (Å²) in [6, 6.07) is 19.7. The lowest BCUT2D eigenvalue weighted by Gasteiger charge is -2.24. The van der Waals surface area contributed by atoms with Crippen LogP contribution < -0.4 is 24.3 Å². The van der Waals surface area contributed by atoms with Gasteiger partial charge in [0.15, 0.2) is 23.0 Å². The van der Waals surface area contributed by atoms with Crippen molar-refractivity contribution in [3.8, 4) is 23.0 Å². The third-order valence-electron chi connectivity index (χ3n) is 6.95. The van der Waals surface area contributed by atoms with Crippen molar-refractivity contribution >= 4 is 12.0 Å². The van der Waals surface area contributed by atoms with Gasteiger partial charge < -0.3 is 24.3 Å². The number of carbonyl (C=O) groups excluding carboxylic acids is 1. The lowest BCUT2D eigenvalue weighted by Crippen LogP contribution is -2.23. The van der Waals surface area contributed by atoms with E-state index in [1.165, 1.54) is 0 Å². The smallest absolute Gasteiger partial charge is 0.244 e. The first-order chi connectivity index (χ1) is 21.2. The van der Waals surface area contributed by atoms with Gasteiger partial charge in [0.05, 0.1) is 14.2 Å². The molecule has 3 aromatic rings. The highest BCUT2D eigenvalue weighted by Crippen LogP contribution is 2.37. The summed E-state index contributed by atoms with van der Waals surface area (Å²) in [7, 11) is 3.26. The molecule has 44 heavy (non-hydrogen) atoms. The van der Waals surface area contributed by atoms with Crippen LogP contribution in [0.2, 0.25) is 0 Å². The Hall–Kier alpha value is -4.71. The van der Waals surface area contributed by atoms with Gasteiger partial charge in [-0.3, -0.25) is 4.79 Å². The van der Waals surface area contributed by atoms with Crippen LogP contribution in [0, 0.1) is 0 Å². The minimum atomic E-state index is -0.183. The molecule has 0 bridgehead atoms. The minimum Gasteiger partial charge on any atom is -0.493 e. The van der Waals surface area contributed by atoms with E-state index in [9.17, 15) is 4.79 Å². The third kappa shape index (κ3) is 10.2. The fourth-order valence-corrected chi connectivity index (χ4v) is 4.49. The first-order valence-electron chi connectivity index (χ1n) is 14.8. The number of allylic oxidation sites excluding steroid dienone is 3. The molecule has 0 aliphatic rings. The lowest BCUT2D eigenvalue weighted by atomic mass is 9.83. The van der Waals surface area contributed by atoms with Crippen molar-refractivity contribution in [1.82, 2.24) is 5.32 Å². The van der Waals surface area contributed by atoms with E-state index < -0.39 is 0 Å². The molecule has 6 heteroatoms. The van der Waals surface area contributed by atoms with Crippen LogP contribution in [0.4, 0.5) is 0 Å². The van der Waals surface area contributed by atoms with Crippen LogP contribution in [-0.4, -0.2) is 33.3 Å². The second-order valence-corrected chi connectivity index (χ2v) is 11.2. The van der Waals surface area contributed by atoms with Gasteiger partial charge in [0.25, 0.3) is 0 Å². The Morgan fingerprint density at radius 2 is 1.59 bits per heavy atom. The van der Waals surface area contributed by atoms with E-state index in [1.807, 2.05) is 91.9 Å². The largest absolute Gasteiger partial charge is 0.493 e. The Morgan fingerprint density at radius 3 is 2.25 bits per heavy atom. The van der Waals surface area contributed by atoms with Crippen molar-refractivity contribution in [2.75, 3.05) is 27.4 Å². The Morgan fingerprint density at radius 1 is 0.864 bits per heavy atom. The van der Waals surface area contributed by atoms with Crippen molar-refractivity contribution in [2.24, 2.45) is 0 Å². The summed E-state index contributed by atoms with van der Waals surface area (Å²) in [5.74, 6) is 2.42. The molecule has 0 saturated carbocycles. The first kappa shape index (κ1) is 33.8. The predicted molar refractivity (Wildman–Crippen MR) is 180 cm³/mol. The van der Waals surface area contributed by atoms with Gasteiger partial charge in [-0.2, -0.15) is 0 Å². The zero-order valence-electron chi connectivity index (χ0n) is 26.8. The Labute approximate surface area is 262 Å². The maximum absolute atomic E-state index is 12.8. The van der Waals surface area contributed by atoms with Crippen LogP contribution in [0.3, 0.4) is 0 Å². The minimum absolute atomic E-state index is 0.178. The summed E-state index contributed by atoms with van der Waals surface area (Å²) in [4.78, 5) is 12.8. The highest BCUT2D eigenvalue weighted by molar-refractivity contribution is 5.92. The summed E-state index contributed by atoms with van der Waals surface area (Å²) in [5, 5.41) is 2.99. The number of hydrogen-bond donors (Lipinski definition) is 1. The molecule has 0 atom stereocenters. The first-order valence-corrected chi connectivity index (χ1v) is 14.8. The fraction of sp³-hybridized carbons (Fsp3) is 0.289. The van der Waals surface area contributed by atoms with Crippen molar-refractivity contribution in [1.29, 1.82) is 0 Å². The number of carbonyl (C=O) groups is 1. The maximum Gasteiger partial charge on any atom is 0.244 e. The summed E-state index contributed by atoms with van der Waals surface area (Å²) in [6.07, 6.45) is 11.6. The third-order valence-corrected chi connectivity index (χ3v) is 6.95. The molecule has 232 valence electrons. The summed E-state index contributed by atoms with van der Waals surface area (Å²) in [5.41, 5.74) is 4.88. The number of nitrogens with one attached hydrogen (secondary N) is 1. The molecule has 0 heterocycles. The average molecular weight is 596 g/mol. The van der Waals surface area contributed by atoms with Gasteiger partial charge in [0.1, 0.15) is 13.2 Å². The van der Waals surface area contributed by atoms with E-state index in [4.69, 9.17) is 18.9 Å². The number of amides is 1. The maximum atomic E-state index is 12.8. The Balaban J connectivity index is 1.68. The molecule has 0 aromatic heterocycles. The lowest BCUT2D eigenvalue weighted by molar-refractivity contribution is -0.116. The van der Waals surface area contributed by atoms with E-state index in [-0.39, 0.29) is 11.3 Å². The van der Waals surface area contributed by atoms with Crippen molar-refractivity contribution in [3.63, 3.8) is 0 Å². The van der Waals surface area contributed by atoms with Crippen LogP contribution in [-0.2, 0) is 23.2 Å². The molecule has 0 fully saturated rings. The van der Waals surface area contributed by atoms with Gasteiger partial charge in [-0.1, -0.05) is 88.1 Å². The number of hydrogen-bond acceptors (Lipinski definition) is 5. The number of rotatable bonds is 15. The summed E-state index contributed by atoms with van der Waals surface area (Å²) in [6.45, 7) is 13.4. The molecule has 1 N–H and O–H groups in total. The van der Waals surface area contributed by atoms with E-state index >= 15 is 0 Å². The zero-order chi connectivity index (χ0) is 32.0. The Kier molecular flexibility index (Phi) is 12.9. The molecule has 0 saturated heterocycles. The zero-order valence-corrected chi connectivity index (χ0v) is 26.8. The van der Waals surface area contributed by atoms with Crippen LogP contribution >= 0.6 is 0 Å². The topological polar surface area (TPSA) is 66.0 Å². The van der Waals surface area contributed by atoms with E-state index in [2.05, 4.69) is 32.7 Å². The number of methoxy groups -OCH3 is 2. The summed E-state index contributed by atoms with van der Waals surface area (Å²) >= 11 is 0. The molecule has 0 aliphatic heterocycles. The average Bonchev–Trinajstić information content (AvgIpc) is 3.02. The molecule has 1 amide bonds. The van der Waals surface area contributed by atoms with Gasteiger partial charge >= 0.3 is 0 Å².